The molecule has 182 valence electrons. The molecule has 0 amide bonds. The number of hydrogen-bond acceptors (Lipinski definition) is 0. The van der Waals surface area contributed by atoms with Crippen molar-refractivity contribution in [3.63, 3.8) is 0 Å². The van der Waals surface area contributed by atoms with E-state index in [1.165, 1.54) is 12.8 Å². The molecule has 0 radical (unpaired) electrons. The zero-order valence-electron chi connectivity index (χ0n) is 23.3. The number of allylic oxidation sites excluding steroid dienone is 8. The fourth-order valence-corrected chi connectivity index (χ4v) is 24.4. The molecule has 0 unspecified atom stereocenters. The van der Waals surface area contributed by atoms with E-state index < -0.39 is 20.4 Å². The van der Waals surface area contributed by atoms with Crippen molar-refractivity contribution < 1.29 is 45.2 Å². The Kier molecular flexibility index (Phi) is 10.9. The Morgan fingerprint density at radius 1 is 0.562 bits per heavy atom. The van der Waals surface area contributed by atoms with E-state index in [1.807, 2.05) is 6.56 Å². The molecular weight excluding hydrogens is 527 g/mol. The maximum atomic E-state index is 2.63. The smallest absolute Gasteiger partial charge is 1.00 e. The maximum Gasteiger partial charge on any atom is -1.00 e. The van der Waals surface area contributed by atoms with Gasteiger partial charge in [-0.05, 0) is 0 Å². The van der Waals surface area contributed by atoms with Crippen LogP contribution >= 0.6 is 0 Å². The molecule has 0 aromatic heterocycles. The molecule has 0 fully saturated rings. The molecule has 32 heavy (non-hydrogen) atoms. The zero-order chi connectivity index (χ0) is 23.4. The van der Waals surface area contributed by atoms with E-state index >= 15 is 0 Å². The minimum absolute atomic E-state index is 0. The van der Waals surface area contributed by atoms with Gasteiger partial charge < -0.3 is 24.8 Å². The van der Waals surface area contributed by atoms with E-state index in [1.54, 1.807) is 22.3 Å². The summed E-state index contributed by atoms with van der Waals surface area (Å²) in [5, 5.41) is 0. The van der Waals surface area contributed by atoms with Gasteiger partial charge in [-0.3, -0.25) is 0 Å². The minimum atomic E-state index is -1.95. The molecule has 2 aliphatic rings. The van der Waals surface area contributed by atoms with Crippen molar-refractivity contribution in [2.45, 2.75) is 109 Å². The monoisotopic (exact) mass is 572 g/mol. The van der Waals surface area contributed by atoms with E-state index in [0.717, 1.165) is 0 Å². The Labute approximate surface area is 220 Å². The summed E-state index contributed by atoms with van der Waals surface area (Å²) in [4.78, 5) is 0. The van der Waals surface area contributed by atoms with Crippen molar-refractivity contribution in [1.29, 1.82) is 0 Å². The topological polar surface area (TPSA) is 0 Å². The molecule has 0 spiro atoms. The molecule has 0 bridgehead atoms. The van der Waals surface area contributed by atoms with Crippen LogP contribution in [-0.4, -0.2) is 5.43 Å². The SMILES string of the molecule is C[Si](C)=[Zr+2]([C]1=C(C(C)(C)C)C(C(C)(C)C)=CC1)[C]1=C(C(C)(C)C)C(C(C)(C)C)=CC1.[Cl-].[Cl-]. The quantitative estimate of drug-likeness (QED) is 0.445. The third-order valence-electron chi connectivity index (χ3n) is 6.38. The second-order valence-electron chi connectivity index (χ2n) is 13.7. The molecule has 2 aliphatic carbocycles. The van der Waals surface area contributed by atoms with Crippen LogP contribution in [0.25, 0.3) is 0 Å². The van der Waals surface area contributed by atoms with Crippen molar-refractivity contribution in [2.24, 2.45) is 21.7 Å². The predicted molar refractivity (Wildman–Crippen MR) is 135 cm³/mol. The average molecular weight is 575 g/mol. The Morgan fingerprint density at radius 2 is 0.844 bits per heavy atom. The first-order chi connectivity index (χ1) is 13.3. The van der Waals surface area contributed by atoms with Crippen LogP contribution in [0.4, 0.5) is 0 Å². The summed E-state index contributed by atoms with van der Waals surface area (Å²) in [6.07, 6.45) is 7.70. The van der Waals surface area contributed by atoms with Gasteiger partial charge in [-0.2, -0.15) is 0 Å². The van der Waals surface area contributed by atoms with Gasteiger partial charge in [0.25, 0.3) is 0 Å². The van der Waals surface area contributed by atoms with Crippen molar-refractivity contribution in [3.8, 4) is 0 Å². The van der Waals surface area contributed by atoms with Crippen molar-refractivity contribution in [1.82, 2.24) is 0 Å². The van der Waals surface area contributed by atoms with E-state index in [4.69, 9.17) is 0 Å². The van der Waals surface area contributed by atoms with Gasteiger partial charge in [0.15, 0.2) is 0 Å². The molecular formula is C28H48Cl2SiZr. The summed E-state index contributed by atoms with van der Waals surface area (Å²) in [5.74, 6) is 0. The number of halogens is 2. The Bertz CT molecular complexity index is 812. The van der Waals surface area contributed by atoms with Crippen LogP contribution in [0.2, 0.25) is 13.1 Å². The van der Waals surface area contributed by atoms with Gasteiger partial charge >= 0.3 is 197 Å². The van der Waals surface area contributed by atoms with Gasteiger partial charge in [0.05, 0.1) is 0 Å². The Hall–Kier alpha value is 0.640. The molecule has 0 nitrogen and oxygen atoms in total. The predicted octanol–water partition coefficient (Wildman–Crippen LogP) is 3.22. The third kappa shape index (κ3) is 6.86. The summed E-state index contributed by atoms with van der Waals surface area (Å²) < 4.78 is 3.88. The fraction of sp³-hybridized carbons (Fsp3) is 0.714. The second kappa shape index (κ2) is 10.7. The van der Waals surface area contributed by atoms with Gasteiger partial charge in [-0.15, -0.1) is 0 Å². The van der Waals surface area contributed by atoms with E-state index in [-0.39, 0.29) is 51.9 Å². The van der Waals surface area contributed by atoms with Crippen LogP contribution in [0.3, 0.4) is 0 Å². The Balaban J connectivity index is 0.00000480. The molecule has 0 aliphatic heterocycles. The molecule has 0 heterocycles. The van der Waals surface area contributed by atoms with Crippen LogP contribution < -0.4 is 24.8 Å². The largest absolute Gasteiger partial charge is 1.00 e. The van der Waals surface area contributed by atoms with Gasteiger partial charge in [0.1, 0.15) is 0 Å². The molecule has 0 saturated heterocycles. The van der Waals surface area contributed by atoms with Crippen molar-refractivity contribution >= 4 is 5.43 Å². The standard InChI is InChI=1S/2C13H21.C2H6Si.2ClH.Zr/c2*1-12(2,3)10-8-7-9-11(10)13(4,5)6;1-3-2;;;/h2*8H,7H2,1-6H3;1-2H3;2*1H;/q;;;;;+2/p-2. The number of hydrogen-bond donors (Lipinski definition) is 0. The minimum Gasteiger partial charge on any atom is -1.00 e. The third-order valence-corrected chi connectivity index (χ3v) is 23.5. The van der Waals surface area contributed by atoms with E-state index in [9.17, 15) is 0 Å². The summed E-state index contributed by atoms with van der Waals surface area (Å²) in [5.41, 5.74) is 7.38. The van der Waals surface area contributed by atoms with Gasteiger partial charge in [-0.1, -0.05) is 0 Å². The van der Waals surface area contributed by atoms with Crippen LogP contribution in [0.15, 0.2) is 41.0 Å². The summed E-state index contributed by atoms with van der Waals surface area (Å²) in [7, 11) is 0. The second-order valence-corrected chi connectivity index (χ2v) is 30.9. The first-order valence-electron chi connectivity index (χ1n) is 11.9. The first-order valence-corrected chi connectivity index (χ1v) is 20.5. The molecule has 2 rings (SSSR count). The summed E-state index contributed by atoms with van der Waals surface area (Å²) >= 11 is -1.95. The van der Waals surface area contributed by atoms with E-state index in [0.29, 0.717) is 0 Å². The van der Waals surface area contributed by atoms with E-state index in [2.05, 4.69) is 108 Å². The summed E-state index contributed by atoms with van der Waals surface area (Å²) in [6.45, 7) is 34.5. The first kappa shape index (κ1) is 32.6. The van der Waals surface area contributed by atoms with Gasteiger partial charge in [0, 0.05) is 0 Å². The van der Waals surface area contributed by atoms with Gasteiger partial charge in [0.2, 0.25) is 0 Å². The molecule has 0 aromatic rings. The van der Waals surface area contributed by atoms with Crippen LogP contribution in [-0.2, 0) is 20.4 Å². The molecule has 0 atom stereocenters. The van der Waals surface area contributed by atoms with Gasteiger partial charge in [-0.25, -0.2) is 0 Å². The Morgan fingerprint density at radius 3 is 1.03 bits per heavy atom. The number of rotatable bonds is 2. The molecule has 0 saturated carbocycles. The molecule has 0 aromatic carbocycles. The molecule has 0 N–H and O–H groups in total. The zero-order valence-corrected chi connectivity index (χ0v) is 28.3. The van der Waals surface area contributed by atoms with Crippen LogP contribution in [0, 0.1) is 21.7 Å². The van der Waals surface area contributed by atoms with Crippen LogP contribution in [0.1, 0.15) is 95.9 Å². The molecule has 4 heteroatoms. The van der Waals surface area contributed by atoms with Crippen molar-refractivity contribution in [2.75, 3.05) is 0 Å². The van der Waals surface area contributed by atoms with Crippen LogP contribution in [0.5, 0.6) is 0 Å². The average Bonchev–Trinajstić information content (AvgIpc) is 3.09. The summed E-state index contributed by atoms with van der Waals surface area (Å²) in [6, 6.07) is 0. The fourth-order valence-electron chi connectivity index (χ4n) is 5.46. The normalized spacial score (nSPS) is 17.4. The van der Waals surface area contributed by atoms with Crippen molar-refractivity contribution in [3.05, 3.63) is 41.0 Å². The maximum absolute atomic E-state index is 2.63.